The van der Waals surface area contributed by atoms with E-state index in [1.807, 2.05) is 0 Å². The first-order chi connectivity index (χ1) is 9.07. The number of rotatable bonds is 10. The van der Waals surface area contributed by atoms with Crippen LogP contribution in [0.5, 0.6) is 0 Å². The molecule has 5 nitrogen and oxygen atoms in total. The van der Waals surface area contributed by atoms with Crippen LogP contribution in [0, 0.1) is 5.41 Å². The van der Waals surface area contributed by atoms with Crippen molar-refractivity contribution in [2.75, 3.05) is 18.6 Å². The van der Waals surface area contributed by atoms with E-state index >= 15 is 0 Å². The highest BCUT2D eigenvalue weighted by atomic mass is 32.2. The maximum atomic E-state index is 11.8. The van der Waals surface area contributed by atoms with Crippen molar-refractivity contribution in [3.8, 4) is 0 Å². The zero-order chi connectivity index (χ0) is 15.8. The third kappa shape index (κ3) is 10.2. The Balaban J connectivity index is 4.07. The summed E-state index contributed by atoms with van der Waals surface area (Å²) in [6.07, 6.45) is 5.90. The molecule has 0 heterocycles. The van der Waals surface area contributed by atoms with Gasteiger partial charge in [0.25, 0.3) is 0 Å². The number of hydrogen-bond acceptors (Lipinski definition) is 4. The van der Waals surface area contributed by atoms with Gasteiger partial charge in [-0.1, -0.05) is 40.0 Å². The van der Waals surface area contributed by atoms with Crippen LogP contribution < -0.4 is 11.1 Å². The highest BCUT2D eigenvalue weighted by Crippen LogP contribution is 2.22. The Hall–Kier alpha value is -0.620. The molecule has 1 amide bonds. The van der Waals surface area contributed by atoms with Gasteiger partial charge in [0.2, 0.25) is 5.91 Å². The first-order valence-corrected chi connectivity index (χ1v) is 9.34. The number of nitrogens with one attached hydrogen (secondary N) is 1. The second kappa shape index (κ2) is 8.62. The molecule has 0 fully saturated rings. The van der Waals surface area contributed by atoms with Crippen molar-refractivity contribution in [1.82, 2.24) is 5.32 Å². The topological polar surface area (TPSA) is 89.3 Å². The Labute approximate surface area is 123 Å². The van der Waals surface area contributed by atoms with Crippen LogP contribution in [-0.4, -0.2) is 38.9 Å². The Morgan fingerprint density at radius 1 is 1.30 bits per heavy atom. The molecule has 6 heteroatoms. The van der Waals surface area contributed by atoms with Gasteiger partial charge in [-0.15, -0.1) is 0 Å². The van der Waals surface area contributed by atoms with Crippen molar-refractivity contribution in [1.29, 1.82) is 0 Å². The monoisotopic (exact) mass is 306 g/mol. The van der Waals surface area contributed by atoms with Crippen LogP contribution >= 0.6 is 0 Å². The maximum Gasteiger partial charge on any atom is 0.236 e. The number of sulfone groups is 1. The fourth-order valence-electron chi connectivity index (χ4n) is 1.87. The first kappa shape index (κ1) is 19.4. The number of carbonyl (C=O) groups excluding carboxylic acids is 1. The Morgan fingerprint density at radius 2 is 1.90 bits per heavy atom. The van der Waals surface area contributed by atoms with Gasteiger partial charge in [-0.3, -0.25) is 4.79 Å². The van der Waals surface area contributed by atoms with Gasteiger partial charge in [-0.05, 0) is 18.3 Å². The number of carbonyl (C=O) groups is 1. The SMILES string of the molecule is CCCCCC(C)(C)CNC(=O)C(N)CCS(C)(=O)=O. The van der Waals surface area contributed by atoms with E-state index in [1.165, 1.54) is 12.8 Å². The van der Waals surface area contributed by atoms with E-state index in [4.69, 9.17) is 5.73 Å². The molecule has 0 bridgehead atoms. The summed E-state index contributed by atoms with van der Waals surface area (Å²) < 4.78 is 22.1. The van der Waals surface area contributed by atoms with Crippen molar-refractivity contribution in [3.63, 3.8) is 0 Å². The summed E-state index contributed by atoms with van der Waals surface area (Å²) in [4.78, 5) is 11.8. The molecule has 3 N–H and O–H groups in total. The molecule has 0 saturated heterocycles. The van der Waals surface area contributed by atoms with Crippen molar-refractivity contribution in [2.45, 2.75) is 58.9 Å². The normalized spacial score (nSPS) is 14.1. The molecule has 120 valence electrons. The van der Waals surface area contributed by atoms with Crippen LogP contribution in [0.15, 0.2) is 0 Å². The third-order valence-corrected chi connectivity index (χ3v) is 4.31. The minimum atomic E-state index is -3.07. The molecule has 0 aliphatic heterocycles. The average molecular weight is 306 g/mol. The quantitative estimate of drug-likeness (QED) is 0.598. The number of hydrogen-bond donors (Lipinski definition) is 2. The highest BCUT2D eigenvalue weighted by molar-refractivity contribution is 7.90. The van der Waals surface area contributed by atoms with Gasteiger partial charge in [0.05, 0.1) is 11.8 Å². The molecule has 0 spiro atoms. The van der Waals surface area contributed by atoms with E-state index in [0.29, 0.717) is 6.54 Å². The van der Waals surface area contributed by atoms with Crippen LogP contribution in [0.2, 0.25) is 0 Å². The zero-order valence-corrected chi connectivity index (χ0v) is 14.1. The number of amides is 1. The standard InChI is InChI=1S/C14H30N2O3S/c1-5-6-7-9-14(2,3)11-16-13(17)12(15)8-10-20(4,18)19/h12H,5-11,15H2,1-4H3,(H,16,17). The van der Waals surface area contributed by atoms with Gasteiger partial charge in [0, 0.05) is 12.8 Å². The Kier molecular flexibility index (Phi) is 8.35. The molecule has 0 aromatic carbocycles. The van der Waals surface area contributed by atoms with Crippen molar-refractivity contribution in [3.05, 3.63) is 0 Å². The molecule has 0 aromatic rings. The summed E-state index contributed by atoms with van der Waals surface area (Å²) in [7, 11) is -3.07. The first-order valence-electron chi connectivity index (χ1n) is 7.28. The average Bonchev–Trinajstić information content (AvgIpc) is 2.32. The summed E-state index contributed by atoms with van der Waals surface area (Å²) >= 11 is 0. The summed E-state index contributed by atoms with van der Waals surface area (Å²) in [5.74, 6) is -0.321. The maximum absolute atomic E-state index is 11.8. The second-order valence-corrected chi connectivity index (χ2v) is 8.62. The summed E-state index contributed by atoms with van der Waals surface area (Å²) in [5.41, 5.74) is 5.74. The fourth-order valence-corrected chi connectivity index (χ4v) is 2.55. The lowest BCUT2D eigenvalue weighted by Gasteiger charge is -2.25. The lowest BCUT2D eigenvalue weighted by molar-refractivity contribution is -0.122. The highest BCUT2D eigenvalue weighted by Gasteiger charge is 2.21. The number of unbranched alkanes of at least 4 members (excludes halogenated alkanes) is 2. The lowest BCUT2D eigenvalue weighted by atomic mass is 9.87. The van der Waals surface area contributed by atoms with E-state index in [2.05, 4.69) is 26.1 Å². The minimum Gasteiger partial charge on any atom is -0.354 e. The van der Waals surface area contributed by atoms with E-state index < -0.39 is 15.9 Å². The number of nitrogens with two attached hydrogens (primary N) is 1. The smallest absolute Gasteiger partial charge is 0.236 e. The summed E-state index contributed by atoms with van der Waals surface area (Å²) in [6, 6.07) is -0.754. The van der Waals surface area contributed by atoms with Crippen LogP contribution in [-0.2, 0) is 14.6 Å². The molecule has 1 atom stereocenters. The van der Waals surface area contributed by atoms with Crippen LogP contribution in [0.25, 0.3) is 0 Å². The summed E-state index contributed by atoms with van der Waals surface area (Å²) in [6.45, 7) is 6.97. The second-order valence-electron chi connectivity index (χ2n) is 6.36. The predicted octanol–water partition coefficient (Wildman–Crippen LogP) is 1.47. The largest absolute Gasteiger partial charge is 0.354 e. The van der Waals surface area contributed by atoms with Gasteiger partial charge in [-0.2, -0.15) is 0 Å². The van der Waals surface area contributed by atoms with Gasteiger partial charge in [0.1, 0.15) is 9.84 Å². The molecule has 0 saturated carbocycles. The van der Waals surface area contributed by atoms with E-state index in [1.54, 1.807) is 0 Å². The van der Waals surface area contributed by atoms with Crippen LogP contribution in [0.1, 0.15) is 52.9 Å². The molecule has 0 aliphatic carbocycles. The summed E-state index contributed by atoms with van der Waals surface area (Å²) in [5, 5.41) is 2.83. The molecule has 0 radical (unpaired) electrons. The van der Waals surface area contributed by atoms with E-state index in [9.17, 15) is 13.2 Å². The van der Waals surface area contributed by atoms with Crippen molar-refractivity contribution >= 4 is 15.7 Å². The predicted molar refractivity (Wildman–Crippen MR) is 83.2 cm³/mol. The molecule has 0 rings (SSSR count). The fraction of sp³-hybridized carbons (Fsp3) is 0.929. The third-order valence-electron chi connectivity index (χ3n) is 3.33. The van der Waals surface area contributed by atoms with Gasteiger partial charge >= 0.3 is 0 Å². The van der Waals surface area contributed by atoms with Gasteiger partial charge < -0.3 is 11.1 Å². The molecule has 20 heavy (non-hydrogen) atoms. The van der Waals surface area contributed by atoms with Crippen molar-refractivity contribution < 1.29 is 13.2 Å². The van der Waals surface area contributed by atoms with Gasteiger partial charge in [-0.25, -0.2) is 8.42 Å². The molecular weight excluding hydrogens is 276 g/mol. The van der Waals surface area contributed by atoms with Crippen LogP contribution in [0.3, 0.4) is 0 Å². The molecular formula is C14H30N2O3S. The Morgan fingerprint density at radius 3 is 2.40 bits per heavy atom. The lowest BCUT2D eigenvalue weighted by Crippen LogP contribution is -2.44. The zero-order valence-electron chi connectivity index (χ0n) is 13.2. The van der Waals surface area contributed by atoms with Crippen molar-refractivity contribution in [2.24, 2.45) is 11.1 Å². The minimum absolute atomic E-state index is 0.0430. The van der Waals surface area contributed by atoms with Gasteiger partial charge in [0.15, 0.2) is 0 Å². The van der Waals surface area contributed by atoms with E-state index in [0.717, 1.165) is 19.1 Å². The molecule has 0 aliphatic rings. The van der Waals surface area contributed by atoms with E-state index in [-0.39, 0.29) is 23.5 Å². The Bertz CT molecular complexity index is 391. The molecule has 0 aromatic heterocycles. The van der Waals surface area contributed by atoms with Crippen LogP contribution in [0.4, 0.5) is 0 Å². The molecule has 1 unspecified atom stereocenters.